The van der Waals surface area contributed by atoms with E-state index in [1.165, 1.54) is 0 Å². The predicted molar refractivity (Wildman–Crippen MR) is 46.2 cm³/mol. The number of carbonyl (C=O) groups excluding carboxylic acids is 1. The molecule has 66 valence electrons. The molecule has 0 aliphatic carbocycles. The summed E-state index contributed by atoms with van der Waals surface area (Å²) in [5.74, 6) is 0.0503. The van der Waals surface area contributed by atoms with Crippen molar-refractivity contribution in [2.45, 2.75) is 45.7 Å². The molecule has 1 amide bonds. The first-order valence-corrected chi connectivity index (χ1v) is 4.11. The number of amides is 1. The highest BCUT2D eigenvalue weighted by Gasteiger charge is 2.07. The van der Waals surface area contributed by atoms with Gasteiger partial charge in [-0.3, -0.25) is 4.79 Å². The summed E-state index contributed by atoms with van der Waals surface area (Å²) in [6, 6.07) is 0.223. The van der Waals surface area contributed by atoms with Crippen molar-refractivity contribution in [2.75, 3.05) is 0 Å². The summed E-state index contributed by atoms with van der Waals surface area (Å²) < 4.78 is 0. The van der Waals surface area contributed by atoms with Crippen molar-refractivity contribution in [3.8, 4) is 0 Å². The van der Waals surface area contributed by atoms with E-state index in [1.807, 2.05) is 20.8 Å². The fourth-order valence-corrected chi connectivity index (χ4v) is 0.763. The van der Waals surface area contributed by atoms with Crippen LogP contribution in [-0.4, -0.2) is 18.0 Å². The summed E-state index contributed by atoms with van der Waals surface area (Å²) in [6.45, 7) is 5.86. The van der Waals surface area contributed by atoms with Crippen LogP contribution in [0.15, 0.2) is 0 Å². The molecule has 0 aliphatic heterocycles. The largest absolute Gasteiger partial charge is 0.354 e. The van der Waals surface area contributed by atoms with Gasteiger partial charge in [-0.15, -0.1) is 0 Å². The van der Waals surface area contributed by atoms with Gasteiger partial charge in [-0.1, -0.05) is 6.92 Å². The molecule has 0 radical (unpaired) electrons. The topological polar surface area (TPSA) is 55.1 Å². The van der Waals surface area contributed by atoms with Gasteiger partial charge < -0.3 is 11.1 Å². The van der Waals surface area contributed by atoms with Crippen molar-refractivity contribution in [1.82, 2.24) is 5.32 Å². The minimum absolute atomic E-state index is 0.00810. The zero-order valence-corrected chi connectivity index (χ0v) is 7.55. The number of hydrogen-bond acceptors (Lipinski definition) is 2. The lowest BCUT2D eigenvalue weighted by Gasteiger charge is -2.11. The Morgan fingerprint density at radius 2 is 2.09 bits per heavy atom. The van der Waals surface area contributed by atoms with Gasteiger partial charge in [-0.25, -0.2) is 0 Å². The molecule has 0 heterocycles. The smallest absolute Gasteiger partial charge is 0.221 e. The number of carbonyl (C=O) groups is 1. The summed E-state index contributed by atoms with van der Waals surface area (Å²) in [6.07, 6.45) is 1.29. The Hall–Kier alpha value is -0.570. The van der Waals surface area contributed by atoms with Gasteiger partial charge >= 0.3 is 0 Å². The normalized spacial score (nSPS) is 13.2. The van der Waals surface area contributed by atoms with Crippen molar-refractivity contribution < 1.29 is 4.79 Å². The number of nitrogens with one attached hydrogen (secondary N) is 1. The lowest BCUT2D eigenvalue weighted by Crippen LogP contribution is -2.35. The van der Waals surface area contributed by atoms with Crippen LogP contribution in [0.1, 0.15) is 33.6 Å². The predicted octanol–water partition coefficient (Wildman–Crippen LogP) is 0.638. The molecule has 3 N–H and O–H groups in total. The third-order valence-corrected chi connectivity index (χ3v) is 1.42. The van der Waals surface area contributed by atoms with Crippen molar-refractivity contribution in [1.29, 1.82) is 0 Å². The second kappa shape index (κ2) is 5.13. The lowest BCUT2D eigenvalue weighted by molar-refractivity contribution is -0.121. The van der Waals surface area contributed by atoms with E-state index in [-0.39, 0.29) is 18.0 Å². The van der Waals surface area contributed by atoms with Gasteiger partial charge in [0.2, 0.25) is 5.91 Å². The molecule has 3 heteroatoms. The Morgan fingerprint density at radius 1 is 1.55 bits per heavy atom. The van der Waals surface area contributed by atoms with E-state index in [2.05, 4.69) is 5.32 Å². The van der Waals surface area contributed by atoms with Crippen LogP contribution in [-0.2, 0) is 4.79 Å². The second-order valence-corrected chi connectivity index (χ2v) is 3.09. The summed E-state index contributed by atoms with van der Waals surface area (Å²) in [5, 5.41) is 2.79. The molecule has 0 aliphatic rings. The van der Waals surface area contributed by atoms with Crippen LogP contribution in [0.3, 0.4) is 0 Å². The van der Waals surface area contributed by atoms with Crippen LogP contribution in [0.5, 0.6) is 0 Å². The van der Waals surface area contributed by atoms with Gasteiger partial charge in [-0.05, 0) is 20.3 Å². The van der Waals surface area contributed by atoms with Crippen molar-refractivity contribution in [3.05, 3.63) is 0 Å². The Kier molecular flexibility index (Phi) is 4.86. The SMILES string of the molecule is CCC(N)CC(=O)NC(C)C. The first-order valence-electron chi connectivity index (χ1n) is 4.11. The third kappa shape index (κ3) is 5.85. The maximum Gasteiger partial charge on any atom is 0.221 e. The minimum Gasteiger partial charge on any atom is -0.354 e. The molecule has 0 rings (SSSR count). The van der Waals surface area contributed by atoms with Crippen molar-refractivity contribution in [2.24, 2.45) is 5.73 Å². The zero-order valence-electron chi connectivity index (χ0n) is 7.55. The van der Waals surface area contributed by atoms with E-state index in [0.717, 1.165) is 6.42 Å². The summed E-state index contributed by atoms with van der Waals surface area (Å²) in [4.78, 5) is 11.0. The third-order valence-electron chi connectivity index (χ3n) is 1.42. The average molecular weight is 158 g/mol. The molecule has 0 saturated heterocycles. The molecular formula is C8H18N2O. The molecule has 0 saturated carbocycles. The van der Waals surface area contributed by atoms with Gasteiger partial charge in [-0.2, -0.15) is 0 Å². The van der Waals surface area contributed by atoms with Crippen LogP contribution in [0, 0.1) is 0 Å². The first-order chi connectivity index (χ1) is 5.06. The second-order valence-electron chi connectivity index (χ2n) is 3.09. The molecule has 1 atom stereocenters. The van der Waals surface area contributed by atoms with Gasteiger partial charge in [0, 0.05) is 18.5 Å². The molecule has 0 aromatic heterocycles. The minimum atomic E-state index is 0.00810. The van der Waals surface area contributed by atoms with E-state index in [1.54, 1.807) is 0 Å². The van der Waals surface area contributed by atoms with E-state index in [0.29, 0.717) is 6.42 Å². The van der Waals surface area contributed by atoms with Crippen LogP contribution < -0.4 is 11.1 Å². The van der Waals surface area contributed by atoms with E-state index >= 15 is 0 Å². The highest BCUT2D eigenvalue weighted by molar-refractivity contribution is 5.76. The molecule has 0 aromatic rings. The average Bonchev–Trinajstić information content (AvgIpc) is 1.85. The van der Waals surface area contributed by atoms with E-state index < -0.39 is 0 Å². The van der Waals surface area contributed by atoms with Gasteiger partial charge in [0.25, 0.3) is 0 Å². The fraction of sp³-hybridized carbons (Fsp3) is 0.875. The van der Waals surface area contributed by atoms with Crippen molar-refractivity contribution >= 4 is 5.91 Å². The lowest BCUT2D eigenvalue weighted by atomic mass is 10.1. The van der Waals surface area contributed by atoms with Gasteiger partial charge in [0.15, 0.2) is 0 Å². The molecule has 1 unspecified atom stereocenters. The summed E-state index contributed by atoms with van der Waals surface area (Å²) in [7, 11) is 0. The Morgan fingerprint density at radius 3 is 2.45 bits per heavy atom. The highest BCUT2D eigenvalue weighted by Crippen LogP contribution is 1.93. The first kappa shape index (κ1) is 10.4. The van der Waals surface area contributed by atoms with Gasteiger partial charge in [0.05, 0.1) is 0 Å². The Balaban J connectivity index is 3.52. The zero-order chi connectivity index (χ0) is 8.85. The monoisotopic (exact) mass is 158 g/mol. The standard InChI is InChI=1S/C8H18N2O/c1-4-7(9)5-8(11)10-6(2)3/h6-7H,4-5,9H2,1-3H3,(H,10,11). The van der Waals surface area contributed by atoms with Crippen LogP contribution >= 0.6 is 0 Å². The van der Waals surface area contributed by atoms with E-state index in [4.69, 9.17) is 5.73 Å². The molecule has 0 aromatic carbocycles. The Bertz CT molecular complexity index is 123. The Labute approximate surface area is 68.3 Å². The molecular weight excluding hydrogens is 140 g/mol. The highest BCUT2D eigenvalue weighted by atomic mass is 16.1. The molecule has 11 heavy (non-hydrogen) atoms. The number of nitrogens with two attached hydrogens (primary N) is 1. The molecule has 3 nitrogen and oxygen atoms in total. The molecule has 0 spiro atoms. The molecule has 0 fully saturated rings. The van der Waals surface area contributed by atoms with E-state index in [9.17, 15) is 4.79 Å². The fourth-order valence-electron chi connectivity index (χ4n) is 0.763. The van der Waals surface area contributed by atoms with Gasteiger partial charge in [0.1, 0.15) is 0 Å². The van der Waals surface area contributed by atoms with Crippen LogP contribution in [0.25, 0.3) is 0 Å². The maximum atomic E-state index is 11.0. The summed E-state index contributed by atoms with van der Waals surface area (Å²) >= 11 is 0. The number of rotatable bonds is 4. The van der Waals surface area contributed by atoms with Crippen LogP contribution in [0.2, 0.25) is 0 Å². The maximum absolute atomic E-state index is 11.0. The molecule has 0 bridgehead atoms. The quantitative estimate of drug-likeness (QED) is 0.630. The number of hydrogen-bond donors (Lipinski definition) is 2. The van der Waals surface area contributed by atoms with Crippen molar-refractivity contribution in [3.63, 3.8) is 0 Å². The summed E-state index contributed by atoms with van der Waals surface area (Å²) in [5.41, 5.74) is 5.59. The van der Waals surface area contributed by atoms with Crippen LogP contribution in [0.4, 0.5) is 0 Å².